The highest BCUT2D eigenvalue weighted by Gasteiger charge is 2.26. The van der Waals surface area contributed by atoms with Crippen LogP contribution in [0.3, 0.4) is 0 Å². The van der Waals surface area contributed by atoms with Crippen LogP contribution in [0.5, 0.6) is 0 Å². The molecule has 1 fully saturated rings. The molecule has 0 spiro atoms. The van der Waals surface area contributed by atoms with Gasteiger partial charge in [-0.1, -0.05) is 35.5 Å². The first-order valence-electron chi connectivity index (χ1n) is 8.70. The number of aromatic nitrogens is 3. The largest absolute Gasteiger partial charge is 0.374 e. The standard InChI is InChI=1S/C19H20N4O3/c24-19(18-12-17(21-26-18)15-6-2-1-3-7-15)22-9-5-11-25-16(13-22)14-23-10-4-8-20-23/h1-4,6-8,10,12,16H,5,9,11,13-14H2/t16-/m1/s1. The Balaban J connectivity index is 1.47. The second-order valence-corrected chi connectivity index (χ2v) is 6.27. The molecule has 1 aliphatic rings. The van der Waals surface area contributed by atoms with Crippen molar-refractivity contribution < 1.29 is 14.1 Å². The van der Waals surface area contributed by atoms with Crippen LogP contribution in [-0.4, -0.2) is 51.5 Å². The summed E-state index contributed by atoms with van der Waals surface area (Å²) in [4.78, 5) is 14.6. The van der Waals surface area contributed by atoms with E-state index < -0.39 is 0 Å². The molecule has 3 aromatic rings. The molecule has 7 nitrogen and oxygen atoms in total. The van der Waals surface area contributed by atoms with Crippen LogP contribution in [0.2, 0.25) is 0 Å². The molecule has 1 saturated heterocycles. The summed E-state index contributed by atoms with van der Waals surface area (Å²) in [6, 6.07) is 13.2. The number of amides is 1. The molecule has 0 bridgehead atoms. The molecule has 1 atom stereocenters. The lowest BCUT2D eigenvalue weighted by atomic mass is 10.1. The van der Waals surface area contributed by atoms with Crippen LogP contribution in [0.1, 0.15) is 17.0 Å². The van der Waals surface area contributed by atoms with Crippen LogP contribution in [0.15, 0.2) is 59.4 Å². The zero-order chi connectivity index (χ0) is 17.8. The monoisotopic (exact) mass is 352 g/mol. The van der Waals surface area contributed by atoms with E-state index in [4.69, 9.17) is 9.26 Å². The minimum absolute atomic E-state index is 0.0992. The summed E-state index contributed by atoms with van der Waals surface area (Å²) in [5.74, 6) is 0.0965. The Morgan fingerprint density at radius 1 is 1.23 bits per heavy atom. The lowest BCUT2D eigenvalue weighted by Gasteiger charge is -2.22. The lowest BCUT2D eigenvalue weighted by molar-refractivity contribution is 0.0355. The Labute approximate surface area is 151 Å². The summed E-state index contributed by atoms with van der Waals surface area (Å²) in [5, 5.41) is 8.25. The number of hydrogen-bond donors (Lipinski definition) is 0. The molecule has 2 aromatic heterocycles. The molecular formula is C19H20N4O3. The van der Waals surface area contributed by atoms with E-state index >= 15 is 0 Å². The van der Waals surface area contributed by atoms with Gasteiger partial charge in [-0.15, -0.1) is 0 Å². The highest BCUT2D eigenvalue weighted by atomic mass is 16.5. The zero-order valence-corrected chi connectivity index (χ0v) is 14.3. The first-order chi connectivity index (χ1) is 12.8. The number of carbonyl (C=O) groups is 1. The average Bonchev–Trinajstić information content (AvgIpc) is 3.31. The second-order valence-electron chi connectivity index (χ2n) is 6.27. The van der Waals surface area contributed by atoms with Gasteiger partial charge in [0.15, 0.2) is 0 Å². The van der Waals surface area contributed by atoms with E-state index in [2.05, 4.69) is 10.3 Å². The van der Waals surface area contributed by atoms with Gasteiger partial charge in [-0.05, 0) is 12.5 Å². The van der Waals surface area contributed by atoms with Gasteiger partial charge < -0.3 is 14.2 Å². The molecule has 1 aromatic carbocycles. The Morgan fingerprint density at radius 2 is 2.12 bits per heavy atom. The Kier molecular flexibility index (Phi) is 4.79. The molecule has 1 amide bonds. The lowest BCUT2D eigenvalue weighted by Crippen LogP contribution is -2.38. The number of carbonyl (C=O) groups excluding carboxylic acids is 1. The summed E-state index contributed by atoms with van der Waals surface area (Å²) in [6.07, 6.45) is 4.32. The van der Waals surface area contributed by atoms with E-state index in [0.717, 1.165) is 12.0 Å². The Hall–Kier alpha value is -2.93. The van der Waals surface area contributed by atoms with Crippen LogP contribution in [0.4, 0.5) is 0 Å². The molecule has 134 valence electrons. The third kappa shape index (κ3) is 3.67. The van der Waals surface area contributed by atoms with Crippen molar-refractivity contribution in [2.24, 2.45) is 0 Å². The van der Waals surface area contributed by atoms with Gasteiger partial charge in [0.2, 0.25) is 5.76 Å². The number of rotatable bonds is 4. The molecule has 26 heavy (non-hydrogen) atoms. The van der Waals surface area contributed by atoms with Gasteiger partial charge in [-0.3, -0.25) is 9.48 Å². The predicted octanol–water partition coefficient (Wildman–Crippen LogP) is 2.47. The molecule has 4 rings (SSSR count). The molecule has 0 N–H and O–H groups in total. The fourth-order valence-electron chi connectivity index (χ4n) is 3.08. The van der Waals surface area contributed by atoms with E-state index in [9.17, 15) is 4.79 Å². The van der Waals surface area contributed by atoms with Gasteiger partial charge in [0.1, 0.15) is 5.69 Å². The average molecular weight is 352 g/mol. The minimum Gasteiger partial charge on any atom is -0.374 e. The third-order valence-electron chi connectivity index (χ3n) is 4.38. The van der Waals surface area contributed by atoms with E-state index in [-0.39, 0.29) is 17.8 Å². The summed E-state index contributed by atoms with van der Waals surface area (Å²) in [5.41, 5.74) is 1.58. The van der Waals surface area contributed by atoms with Crippen LogP contribution < -0.4 is 0 Å². The normalized spacial score (nSPS) is 17.8. The molecule has 0 saturated carbocycles. The second kappa shape index (κ2) is 7.53. The summed E-state index contributed by atoms with van der Waals surface area (Å²) >= 11 is 0. The zero-order valence-electron chi connectivity index (χ0n) is 14.3. The minimum atomic E-state index is -0.157. The summed E-state index contributed by atoms with van der Waals surface area (Å²) in [7, 11) is 0. The first-order valence-corrected chi connectivity index (χ1v) is 8.70. The maximum atomic E-state index is 12.9. The van der Waals surface area contributed by atoms with Crippen molar-refractivity contribution in [1.82, 2.24) is 19.8 Å². The molecule has 0 radical (unpaired) electrons. The number of hydrogen-bond acceptors (Lipinski definition) is 5. The van der Waals surface area contributed by atoms with E-state index in [0.29, 0.717) is 31.9 Å². The van der Waals surface area contributed by atoms with E-state index in [1.165, 1.54) is 0 Å². The van der Waals surface area contributed by atoms with Gasteiger partial charge in [-0.2, -0.15) is 5.10 Å². The number of nitrogens with zero attached hydrogens (tertiary/aromatic N) is 4. The molecule has 1 aliphatic heterocycles. The fourth-order valence-corrected chi connectivity index (χ4v) is 3.08. The van der Waals surface area contributed by atoms with E-state index in [1.54, 1.807) is 17.2 Å². The van der Waals surface area contributed by atoms with Gasteiger partial charge in [0.05, 0.1) is 12.6 Å². The van der Waals surface area contributed by atoms with Crippen LogP contribution in [0.25, 0.3) is 11.3 Å². The maximum absolute atomic E-state index is 12.9. The van der Waals surface area contributed by atoms with E-state index in [1.807, 2.05) is 47.3 Å². The Morgan fingerprint density at radius 3 is 2.92 bits per heavy atom. The fraction of sp³-hybridized carbons (Fsp3) is 0.316. The molecule has 0 unspecified atom stereocenters. The Bertz CT molecular complexity index is 845. The van der Waals surface area contributed by atoms with Gasteiger partial charge >= 0.3 is 0 Å². The summed E-state index contributed by atoms with van der Waals surface area (Å²) in [6.45, 7) is 2.37. The predicted molar refractivity (Wildman–Crippen MR) is 94.4 cm³/mol. The topological polar surface area (TPSA) is 73.4 Å². The number of ether oxygens (including phenoxy) is 1. The number of benzene rings is 1. The van der Waals surface area contributed by atoms with Crippen LogP contribution in [0, 0.1) is 0 Å². The quantitative estimate of drug-likeness (QED) is 0.721. The van der Waals surface area contributed by atoms with Crippen LogP contribution >= 0.6 is 0 Å². The van der Waals surface area contributed by atoms with Crippen molar-refractivity contribution in [2.45, 2.75) is 19.1 Å². The van der Waals surface area contributed by atoms with Crippen molar-refractivity contribution in [3.05, 3.63) is 60.6 Å². The van der Waals surface area contributed by atoms with Crippen LogP contribution in [-0.2, 0) is 11.3 Å². The molecule has 7 heteroatoms. The molecule has 0 aliphatic carbocycles. The smallest absolute Gasteiger partial charge is 0.292 e. The van der Waals surface area contributed by atoms with Gasteiger partial charge in [0.25, 0.3) is 5.91 Å². The first kappa shape index (κ1) is 16.5. The van der Waals surface area contributed by atoms with Gasteiger partial charge in [0, 0.05) is 43.7 Å². The SMILES string of the molecule is O=C(c1cc(-c2ccccc2)no1)N1CCCO[C@@H](Cn2cccn2)C1. The van der Waals surface area contributed by atoms with Crippen molar-refractivity contribution in [3.63, 3.8) is 0 Å². The summed E-state index contributed by atoms with van der Waals surface area (Å²) < 4.78 is 13.0. The van der Waals surface area contributed by atoms with Crippen molar-refractivity contribution in [3.8, 4) is 11.3 Å². The molecule has 3 heterocycles. The van der Waals surface area contributed by atoms with Crippen molar-refractivity contribution in [2.75, 3.05) is 19.7 Å². The maximum Gasteiger partial charge on any atom is 0.292 e. The highest BCUT2D eigenvalue weighted by Crippen LogP contribution is 2.20. The third-order valence-corrected chi connectivity index (χ3v) is 4.38. The van der Waals surface area contributed by atoms with Crippen molar-refractivity contribution in [1.29, 1.82) is 0 Å². The molecular weight excluding hydrogens is 332 g/mol. The highest BCUT2D eigenvalue weighted by molar-refractivity contribution is 5.92. The van der Waals surface area contributed by atoms with Gasteiger partial charge in [-0.25, -0.2) is 0 Å². The van der Waals surface area contributed by atoms with Crippen molar-refractivity contribution >= 4 is 5.91 Å².